The molecule has 0 saturated carbocycles. The van der Waals surface area contributed by atoms with Crippen molar-refractivity contribution in [2.45, 2.75) is 0 Å². The molecule has 0 unspecified atom stereocenters. The summed E-state index contributed by atoms with van der Waals surface area (Å²) in [4.78, 5) is 0. The van der Waals surface area contributed by atoms with Crippen LogP contribution in [-0.2, 0) is 0 Å². The third kappa shape index (κ3) is 3.25. The largest absolute Gasteiger partial charge is 0.309 e. The lowest BCUT2D eigenvalue weighted by atomic mass is 10.0. The molecule has 0 amide bonds. The first-order valence-corrected chi connectivity index (χ1v) is 16.2. The first kappa shape index (κ1) is 24.9. The van der Waals surface area contributed by atoms with Gasteiger partial charge in [-0.1, -0.05) is 103 Å². The second-order valence-corrected chi connectivity index (χ2v) is 12.6. The van der Waals surface area contributed by atoms with Gasteiger partial charge in [0.2, 0.25) is 0 Å². The van der Waals surface area contributed by atoms with Crippen molar-refractivity contribution >= 4 is 70.9 Å². The van der Waals surface area contributed by atoms with Gasteiger partial charge in [-0.25, -0.2) is 0 Å². The number of hydrogen-bond acceptors (Lipinski definition) is 0. The summed E-state index contributed by atoms with van der Waals surface area (Å²) in [5, 5.41) is 7.72. The average Bonchev–Trinajstić information content (AvgIpc) is 3.86. The van der Waals surface area contributed by atoms with Crippen LogP contribution in [-0.4, -0.2) is 13.5 Å². The maximum Gasteiger partial charge on any atom is 0.0810 e. The molecule has 0 atom stereocenters. The van der Waals surface area contributed by atoms with E-state index in [1.165, 1.54) is 93.4 Å². The van der Waals surface area contributed by atoms with E-state index >= 15 is 0 Å². The number of benzene rings is 6. The van der Waals surface area contributed by atoms with Crippen molar-refractivity contribution in [2.24, 2.45) is 0 Å². The predicted octanol–water partition coefficient (Wildman–Crippen LogP) is 11.5. The van der Waals surface area contributed by atoms with Gasteiger partial charge in [0.25, 0.3) is 0 Å². The Hall–Kier alpha value is -6.32. The summed E-state index contributed by atoms with van der Waals surface area (Å²) < 4.78 is 7.32. The zero-order chi connectivity index (χ0) is 30.6. The summed E-state index contributed by atoms with van der Waals surface area (Å²) in [6.45, 7) is 0. The van der Waals surface area contributed by atoms with E-state index in [0.29, 0.717) is 0 Å². The van der Waals surface area contributed by atoms with Crippen LogP contribution in [0.3, 0.4) is 0 Å². The Morgan fingerprint density at radius 1 is 0.298 bits per heavy atom. The maximum atomic E-state index is 2.47. The summed E-state index contributed by atoms with van der Waals surface area (Å²) in [6, 6.07) is 59.8. The molecule has 0 aliphatic carbocycles. The van der Waals surface area contributed by atoms with E-state index in [1.807, 2.05) is 0 Å². The standard InChI is InChI=1S/C44H27N3/c1-2-11-30(12-3-1)46-40-26-23-29(27-36(40)42-41-20-10-19-39-34-15-4-5-16-35(34)43(44(42)46)47(39)41)28-21-24-31(25-22-28)45-37-17-8-6-13-32(37)33-14-7-9-18-38(33)45/h1-27H. The Labute approximate surface area is 270 Å². The maximum absolute atomic E-state index is 2.47. The molecule has 11 aromatic rings. The fraction of sp³-hybridized carbons (Fsp3) is 0. The third-order valence-corrected chi connectivity index (χ3v) is 10.2. The molecule has 0 fully saturated rings. The van der Waals surface area contributed by atoms with Crippen molar-refractivity contribution in [3.8, 4) is 22.5 Å². The van der Waals surface area contributed by atoms with E-state index in [-0.39, 0.29) is 0 Å². The molecule has 5 aromatic heterocycles. The van der Waals surface area contributed by atoms with Crippen LogP contribution in [0.15, 0.2) is 164 Å². The first-order valence-electron chi connectivity index (χ1n) is 16.2. The number of aromatic nitrogens is 3. The van der Waals surface area contributed by atoms with Crippen LogP contribution in [0.5, 0.6) is 0 Å². The number of nitrogens with zero attached hydrogens (tertiary/aromatic N) is 3. The van der Waals surface area contributed by atoms with Crippen molar-refractivity contribution in [3.63, 3.8) is 0 Å². The summed E-state index contributed by atoms with van der Waals surface area (Å²) in [7, 11) is 0. The molecule has 0 N–H and O–H groups in total. The second kappa shape index (κ2) is 9.12. The summed E-state index contributed by atoms with van der Waals surface area (Å²) >= 11 is 0. The minimum Gasteiger partial charge on any atom is -0.309 e. The number of rotatable bonds is 3. The molecule has 0 radical (unpaired) electrons. The predicted molar refractivity (Wildman–Crippen MR) is 198 cm³/mol. The smallest absolute Gasteiger partial charge is 0.0810 e. The Morgan fingerprint density at radius 2 is 0.830 bits per heavy atom. The van der Waals surface area contributed by atoms with Crippen LogP contribution in [0.1, 0.15) is 0 Å². The van der Waals surface area contributed by atoms with E-state index in [4.69, 9.17) is 0 Å². The first-order chi connectivity index (χ1) is 23.3. The molecule has 0 bridgehead atoms. The average molecular weight is 598 g/mol. The lowest BCUT2D eigenvalue weighted by Crippen LogP contribution is -1.94. The molecular formula is C44H27N3. The summed E-state index contributed by atoms with van der Waals surface area (Å²) in [6.07, 6.45) is 0. The van der Waals surface area contributed by atoms with Crippen molar-refractivity contribution in [2.75, 3.05) is 0 Å². The van der Waals surface area contributed by atoms with Gasteiger partial charge in [-0.2, -0.15) is 0 Å². The highest BCUT2D eigenvalue weighted by Crippen LogP contribution is 2.45. The lowest BCUT2D eigenvalue weighted by molar-refractivity contribution is 1.18. The Bertz CT molecular complexity index is 2940. The van der Waals surface area contributed by atoms with Crippen LogP contribution >= 0.6 is 0 Å². The third-order valence-electron chi connectivity index (χ3n) is 10.2. The van der Waals surface area contributed by atoms with Crippen LogP contribution < -0.4 is 0 Å². The number of para-hydroxylation sites is 3. The van der Waals surface area contributed by atoms with Crippen molar-refractivity contribution < 1.29 is 0 Å². The van der Waals surface area contributed by atoms with Gasteiger partial charge in [-0.3, -0.25) is 0 Å². The van der Waals surface area contributed by atoms with Gasteiger partial charge in [-0.15, -0.1) is 0 Å². The van der Waals surface area contributed by atoms with Gasteiger partial charge in [0.05, 0.1) is 38.6 Å². The molecule has 3 heteroatoms. The van der Waals surface area contributed by atoms with Crippen molar-refractivity contribution in [3.05, 3.63) is 164 Å². The molecule has 5 heterocycles. The SMILES string of the molecule is c1ccc(-n2c3ccc(-c4ccc(-n5c6ccccc6c6ccccc65)cc4)cc3c3c2c2c4ccccc4c4cccc3n42)cc1. The monoisotopic (exact) mass is 597 g/mol. The molecule has 47 heavy (non-hydrogen) atoms. The zero-order valence-electron chi connectivity index (χ0n) is 25.4. The van der Waals surface area contributed by atoms with Crippen molar-refractivity contribution in [1.29, 1.82) is 0 Å². The molecular weight excluding hydrogens is 571 g/mol. The molecule has 0 aliphatic heterocycles. The molecule has 11 rings (SSSR count). The van der Waals surface area contributed by atoms with Gasteiger partial charge in [0.15, 0.2) is 0 Å². The number of fused-ring (bicyclic) bond motifs is 11. The van der Waals surface area contributed by atoms with E-state index in [0.717, 1.165) is 0 Å². The zero-order valence-corrected chi connectivity index (χ0v) is 25.4. The van der Waals surface area contributed by atoms with Gasteiger partial charge >= 0.3 is 0 Å². The van der Waals surface area contributed by atoms with E-state index in [1.54, 1.807) is 0 Å². The van der Waals surface area contributed by atoms with Gasteiger partial charge < -0.3 is 13.5 Å². The van der Waals surface area contributed by atoms with E-state index < -0.39 is 0 Å². The second-order valence-electron chi connectivity index (χ2n) is 12.6. The highest BCUT2D eigenvalue weighted by Gasteiger charge is 2.24. The quantitative estimate of drug-likeness (QED) is 0.192. The molecule has 218 valence electrons. The Balaban J connectivity index is 1.16. The normalized spacial score (nSPS) is 12.3. The number of hydrogen-bond donors (Lipinski definition) is 0. The molecule has 6 aromatic carbocycles. The minimum atomic E-state index is 1.17. The fourth-order valence-electron chi connectivity index (χ4n) is 8.23. The number of pyridine rings is 1. The fourth-order valence-corrected chi connectivity index (χ4v) is 8.23. The van der Waals surface area contributed by atoms with Crippen LogP contribution in [0.25, 0.3) is 93.4 Å². The van der Waals surface area contributed by atoms with E-state index in [9.17, 15) is 0 Å². The topological polar surface area (TPSA) is 14.3 Å². The van der Waals surface area contributed by atoms with Gasteiger partial charge in [-0.05, 0) is 71.8 Å². The summed E-state index contributed by atoms with van der Waals surface area (Å²) in [5.41, 5.74) is 13.5. The van der Waals surface area contributed by atoms with Crippen molar-refractivity contribution in [1.82, 2.24) is 13.5 Å². The van der Waals surface area contributed by atoms with Crippen LogP contribution in [0.2, 0.25) is 0 Å². The lowest BCUT2D eigenvalue weighted by Gasteiger charge is -2.10. The molecule has 0 spiro atoms. The summed E-state index contributed by atoms with van der Waals surface area (Å²) in [5.74, 6) is 0. The van der Waals surface area contributed by atoms with Crippen LogP contribution in [0.4, 0.5) is 0 Å². The van der Waals surface area contributed by atoms with Gasteiger partial charge in [0, 0.05) is 43.7 Å². The highest BCUT2D eigenvalue weighted by molar-refractivity contribution is 6.29. The molecule has 0 aliphatic rings. The highest BCUT2D eigenvalue weighted by atomic mass is 15.0. The minimum absolute atomic E-state index is 1.17. The Kier molecular flexibility index (Phi) is 4.84. The van der Waals surface area contributed by atoms with E-state index in [2.05, 4.69) is 177 Å². The van der Waals surface area contributed by atoms with Gasteiger partial charge in [0.1, 0.15) is 0 Å². The Morgan fingerprint density at radius 3 is 1.55 bits per heavy atom. The molecule has 0 saturated heterocycles. The molecule has 3 nitrogen and oxygen atoms in total. The van der Waals surface area contributed by atoms with Crippen LogP contribution in [0, 0.1) is 0 Å².